The van der Waals surface area contributed by atoms with Crippen molar-refractivity contribution in [3.8, 4) is 5.75 Å². The van der Waals surface area contributed by atoms with Gasteiger partial charge in [-0.3, -0.25) is 0 Å². The van der Waals surface area contributed by atoms with Crippen LogP contribution in [-0.2, 0) is 12.8 Å². The summed E-state index contributed by atoms with van der Waals surface area (Å²) in [4.78, 5) is 0. The maximum atomic E-state index is 10.5. The van der Waals surface area contributed by atoms with Crippen LogP contribution < -0.4 is 4.74 Å². The number of aliphatic hydroxyl groups excluding tert-OH is 1. The minimum atomic E-state index is -0.388. The Bertz CT molecular complexity index is 610. The van der Waals surface area contributed by atoms with Gasteiger partial charge in [0, 0.05) is 6.42 Å². The molecule has 2 aromatic carbocycles. The lowest BCUT2D eigenvalue weighted by atomic mass is 9.74. The SMILES string of the molecule is OC(CC1Cc2ccccc21)C1Cc2ccccc2O1. The van der Waals surface area contributed by atoms with Crippen LogP contribution in [-0.4, -0.2) is 17.3 Å². The molecule has 0 spiro atoms. The average molecular weight is 266 g/mol. The summed E-state index contributed by atoms with van der Waals surface area (Å²) in [6.45, 7) is 0. The van der Waals surface area contributed by atoms with E-state index in [0.29, 0.717) is 5.92 Å². The van der Waals surface area contributed by atoms with Crippen molar-refractivity contribution in [1.82, 2.24) is 0 Å². The largest absolute Gasteiger partial charge is 0.487 e. The summed E-state index contributed by atoms with van der Waals surface area (Å²) >= 11 is 0. The molecule has 1 aliphatic heterocycles. The zero-order chi connectivity index (χ0) is 13.5. The lowest BCUT2D eigenvalue weighted by Crippen LogP contribution is -2.33. The van der Waals surface area contributed by atoms with Crippen LogP contribution in [0.1, 0.15) is 29.0 Å². The summed E-state index contributed by atoms with van der Waals surface area (Å²) in [6, 6.07) is 16.6. The Labute approximate surface area is 119 Å². The lowest BCUT2D eigenvalue weighted by Gasteiger charge is -2.32. The van der Waals surface area contributed by atoms with Crippen LogP contribution in [0, 0.1) is 0 Å². The van der Waals surface area contributed by atoms with Gasteiger partial charge in [-0.1, -0.05) is 42.5 Å². The van der Waals surface area contributed by atoms with E-state index in [-0.39, 0.29) is 12.2 Å². The van der Waals surface area contributed by atoms with Crippen molar-refractivity contribution in [2.75, 3.05) is 0 Å². The van der Waals surface area contributed by atoms with Gasteiger partial charge >= 0.3 is 0 Å². The Balaban J connectivity index is 1.42. The second-order valence-corrected chi connectivity index (χ2v) is 5.87. The molecule has 0 saturated heterocycles. The van der Waals surface area contributed by atoms with Gasteiger partial charge in [-0.15, -0.1) is 0 Å². The normalized spacial score (nSPS) is 24.2. The molecule has 0 fully saturated rings. The number of hydrogen-bond donors (Lipinski definition) is 1. The van der Waals surface area contributed by atoms with Gasteiger partial charge in [-0.2, -0.15) is 0 Å². The predicted octanol–water partition coefficient (Wildman–Crippen LogP) is 3.08. The number of fused-ring (bicyclic) bond motifs is 2. The van der Waals surface area contributed by atoms with Gasteiger partial charge in [0.2, 0.25) is 0 Å². The van der Waals surface area contributed by atoms with E-state index in [9.17, 15) is 5.11 Å². The molecule has 3 unspecified atom stereocenters. The van der Waals surface area contributed by atoms with E-state index in [1.165, 1.54) is 16.7 Å². The number of benzene rings is 2. The molecule has 0 bridgehead atoms. The highest BCUT2D eigenvalue weighted by Crippen LogP contribution is 2.39. The van der Waals surface area contributed by atoms with Crippen LogP contribution in [0.5, 0.6) is 5.75 Å². The van der Waals surface area contributed by atoms with Gasteiger partial charge in [-0.25, -0.2) is 0 Å². The van der Waals surface area contributed by atoms with Gasteiger partial charge in [0.1, 0.15) is 11.9 Å². The van der Waals surface area contributed by atoms with Gasteiger partial charge in [0.05, 0.1) is 6.10 Å². The lowest BCUT2D eigenvalue weighted by molar-refractivity contribution is 0.0374. The molecule has 1 aliphatic carbocycles. The number of ether oxygens (including phenoxy) is 1. The van der Waals surface area contributed by atoms with Gasteiger partial charge in [0.25, 0.3) is 0 Å². The molecule has 2 aliphatic rings. The van der Waals surface area contributed by atoms with Crippen LogP contribution in [0.2, 0.25) is 0 Å². The van der Waals surface area contributed by atoms with Crippen molar-refractivity contribution in [3.05, 3.63) is 65.2 Å². The summed E-state index contributed by atoms with van der Waals surface area (Å²) in [6.07, 6.45) is 2.25. The molecule has 4 rings (SSSR count). The highest BCUT2D eigenvalue weighted by atomic mass is 16.5. The van der Waals surface area contributed by atoms with Gasteiger partial charge in [0.15, 0.2) is 0 Å². The van der Waals surface area contributed by atoms with Crippen molar-refractivity contribution in [1.29, 1.82) is 0 Å². The van der Waals surface area contributed by atoms with Crippen molar-refractivity contribution >= 4 is 0 Å². The van der Waals surface area contributed by atoms with E-state index < -0.39 is 0 Å². The van der Waals surface area contributed by atoms with E-state index in [4.69, 9.17) is 4.74 Å². The van der Waals surface area contributed by atoms with Crippen LogP contribution in [0.4, 0.5) is 0 Å². The third-order valence-electron chi connectivity index (χ3n) is 4.59. The quantitative estimate of drug-likeness (QED) is 0.925. The van der Waals surface area contributed by atoms with E-state index >= 15 is 0 Å². The summed E-state index contributed by atoms with van der Waals surface area (Å²) in [5, 5.41) is 10.5. The Kier molecular flexibility index (Phi) is 2.78. The first-order valence-corrected chi connectivity index (χ1v) is 7.31. The Morgan fingerprint density at radius 1 is 1.00 bits per heavy atom. The minimum Gasteiger partial charge on any atom is -0.487 e. The molecule has 20 heavy (non-hydrogen) atoms. The van der Waals surface area contributed by atoms with Crippen molar-refractivity contribution in [2.45, 2.75) is 37.4 Å². The molecular formula is C18H18O2. The average Bonchev–Trinajstić information content (AvgIpc) is 2.88. The molecule has 2 aromatic rings. The van der Waals surface area contributed by atoms with Gasteiger partial charge in [-0.05, 0) is 41.5 Å². The number of aliphatic hydroxyl groups is 1. The monoisotopic (exact) mass is 266 g/mol. The fourth-order valence-corrected chi connectivity index (χ4v) is 3.44. The molecule has 0 saturated carbocycles. The Morgan fingerprint density at radius 3 is 2.55 bits per heavy atom. The van der Waals surface area contributed by atoms with Crippen molar-refractivity contribution in [3.63, 3.8) is 0 Å². The predicted molar refractivity (Wildman–Crippen MR) is 78.1 cm³/mol. The summed E-state index contributed by atoms with van der Waals surface area (Å²) in [7, 11) is 0. The highest BCUT2D eigenvalue weighted by molar-refractivity contribution is 5.40. The smallest absolute Gasteiger partial charge is 0.129 e. The summed E-state index contributed by atoms with van der Waals surface area (Å²) in [5.41, 5.74) is 4.05. The zero-order valence-corrected chi connectivity index (χ0v) is 11.3. The molecule has 0 radical (unpaired) electrons. The number of para-hydroxylation sites is 1. The molecule has 3 atom stereocenters. The first kappa shape index (κ1) is 12.0. The zero-order valence-electron chi connectivity index (χ0n) is 11.3. The molecule has 2 heteroatoms. The number of hydrogen-bond acceptors (Lipinski definition) is 2. The maximum absolute atomic E-state index is 10.5. The highest BCUT2D eigenvalue weighted by Gasteiger charge is 2.34. The van der Waals surface area contributed by atoms with E-state index in [0.717, 1.165) is 25.0 Å². The third-order valence-corrected chi connectivity index (χ3v) is 4.59. The van der Waals surface area contributed by atoms with Gasteiger partial charge < -0.3 is 9.84 Å². The first-order chi connectivity index (χ1) is 9.81. The molecule has 1 N–H and O–H groups in total. The fraction of sp³-hybridized carbons (Fsp3) is 0.333. The van der Waals surface area contributed by atoms with E-state index in [2.05, 4.69) is 30.3 Å². The Morgan fingerprint density at radius 2 is 1.75 bits per heavy atom. The second kappa shape index (κ2) is 4.64. The maximum Gasteiger partial charge on any atom is 0.129 e. The topological polar surface area (TPSA) is 29.5 Å². The third kappa shape index (κ3) is 1.92. The van der Waals surface area contributed by atoms with Crippen LogP contribution in [0.3, 0.4) is 0 Å². The van der Waals surface area contributed by atoms with Crippen molar-refractivity contribution < 1.29 is 9.84 Å². The number of rotatable bonds is 3. The molecule has 0 aromatic heterocycles. The second-order valence-electron chi connectivity index (χ2n) is 5.87. The van der Waals surface area contributed by atoms with Crippen LogP contribution in [0.25, 0.3) is 0 Å². The van der Waals surface area contributed by atoms with Crippen LogP contribution in [0.15, 0.2) is 48.5 Å². The van der Waals surface area contributed by atoms with E-state index in [1.807, 2.05) is 18.2 Å². The molecule has 1 heterocycles. The molecule has 102 valence electrons. The molecule has 0 amide bonds. The standard InChI is InChI=1S/C18H18O2/c19-16(10-14-9-12-5-1-3-7-15(12)14)18-11-13-6-2-4-8-17(13)20-18/h1-8,14,16,18-19H,9-11H2. The fourth-order valence-electron chi connectivity index (χ4n) is 3.44. The van der Waals surface area contributed by atoms with Crippen LogP contribution >= 0.6 is 0 Å². The molecule has 2 nitrogen and oxygen atoms in total. The first-order valence-electron chi connectivity index (χ1n) is 7.31. The summed E-state index contributed by atoms with van der Waals surface area (Å²) < 4.78 is 5.88. The minimum absolute atomic E-state index is 0.0832. The van der Waals surface area contributed by atoms with Crippen molar-refractivity contribution in [2.24, 2.45) is 0 Å². The Hall–Kier alpha value is -1.80. The molecular weight excluding hydrogens is 248 g/mol. The summed E-state index contributed by atoms with van der Waals surface area (Å²) in [5.74, 6) is 1.43. The van der Waals surface area contributed by atoms with E-state index in [1.54, 1.807) is 0 Å².